The van der Waals surface area contributed by atoms with Gasteiger partial charge in [-0.3, -0.25) is 0 Å². The average molecular weight is 351 g/mol. The molecule has 2 N–H and O–H groups in total. The molecule has 0 aliphatic heterocycles. The summed E-state index contributed by atoms with van der Waals surface area (Å²) in [5.41, 5.74) is 1.32. The highest BCUT2D eigenvalue weighted by molar-refractivity contribution is 9.10. The molecule has 0 aromatic heterocycles. The van der Waals surface area contributed by atoms with Gasteiger partial charge < -0.3 is 14.9 Å². The molecule has 2 aromatic rings. The Morgan fingerprint density at radius 1 is 1.19 bits per heavy atom. The Hall–Kier alpha value is -1.36. The third-order valence-corrected chi connectivity index (χ3v) is 3.84. The van der Waals surface area contributed by atoms with Gasteiger partial charge in [-0.1, -0.05) is 46.3 Å². The van der Waals surface area contributed by atoms with Gasteiger partial charge >= 0.3 is 0 Å². The first kappa shape index (κ1) is 16.0. The largest absolute Gasteiger partial charge is 0.490 e. The Balaban J connectivity index is 2.20. The van der Waals surface area contributed by atoms with Crippen LogP contribution in [-0.2, 0) is 12.2 Å². The fourth-order valence-electron chi connectivity index (χ4n) is 2.22. The summed E-state index contributed by atoms with van der Waals surface area (Å²) in [5, 5.41) is 20.0. The maximum absolute atomic E-state index is 10.6. The molecule has 112 valence electrons. The number of benzene rings is 2. The number of aliphatic hydroxyl groups excluding tert-OH is 1. The molecule has 0 aliphatic rings. The van der Waals surface area contributed by atoms with Gasteiger partial charge in [0.05, 0.1) is 6.61 Å². The molecule has 0 aliphatic carbocycles. The van der Waals surface area contributed by atoms with Gasteiger partial charge in [-0.2, -0.15) is 0 Å². The van der Waals surface area contributed by atoms with E-state index < -0.39 is 5.60 Å². The van der Waals surface area contributed by atoms with E-state index in [1.807, 2.05) is 49.4 Å². The smallest absolute Gasteiger partial charge is 0.127 e. The minimum Gasteiger partial charge on any atom is -0.490 e. The van der Waals surface area contributed by atoms with E-state index in [1.54, 1.807) is 6.92 Å². The molecule has 4 heteroatoms. The Bertz CT molecular complexity index is 609. The van der Waals surface area contributed by atoms with Gasteiger partial charge in [-0.15, -0.1) is 0 Å². The van der Waals surface area contributed by atoms with Crippen molar-refractivity contribution in [2.24, 2.45) is 0 Å². The maximum atomic E-state index is 10.6. The van der Waals surface area contributed by atoms with Crippen LogP contribution in [0.15, 0.2) is 46.9 Å². The molecule has 1 unspecified atom stereocenters. The minimum absolute atomic E-state index is 0.108. The van der Waals surface area contributed by atoms with E-state index in [9.17, 15) is 10.2 Å². The summed E-state index contributed by atoms with van der Waals surface area (Å²) in [6, 6.07) is 13.1. The second-order valence-electron chi connectivity index (χ2n) is 5.30. The van der Waals surface area contributed by atoms with Gasteiger partial charge in [0, 0.05) is 10.0 Å². The third-order valence-electron chi connectivity index (χ3n) is 3.38. The maximum Gasteiger partial charge on any atom is 0.127 e. The van der Waals surface area contributed by atoms with E-state index in [1.165, 1.54) is 0 Å². The first-order valence-electron chi connectivity index (χ1n) is 6.74. The predicted octanol–water partition coefficient (Wildman–Crippen LogP) is 3.54. The molecule has 1 atom stereocenters. The summed E-state index contributed by atoms with van der Waals surface area (Å²) < 4.78 is 6.70. The van der Waals surface area contributed by atoms with Gasteiger partial charge in [0.2, 0.25) is 0 Å². The van der Waals surface area contributed by atoms with E-state index in [2.05, 4.69) is 15.9 Å². The summed E-state index contributed by atoms with van der Waals surface area (Å²) in [6.07, 6.45) is 0. The highest BCUT2D eigenvalue weighted by Crippen LogP contribution is 2.30. The second kappa shape index (κ2) is 6.60. The lowest BCUT2D eigenvalue weighted by atomic mass is 9.97. The van der Waals surface area contributed by atoms with Crippen molar-refractivity contribution < 1.29 is 14.9 Å². The molecule has 0 fully saturated rings. The molecule has 0 spiro atoms. The zero-order chi connectivity index (χ0) is 15.5. The number of hydrogen-bond acceptors (Lipinski definition) is 3. The van der Waals surface area contributed by atoms with Gasteiger partial charge in [0.15, 0.2) is 0 Å². The fraction of sp³-hybridized carbons (Fsp3) is 0.294. The number of hydrogen-bond donors (Lipinski definition) is 2. The van der Waals surface area contributed by atoms with E-state index in [-0.39, 0.29) is 13.2 Å². The molecule has 3 nitrogen and oxygen atoms in total. The van der Waals surface area contributed by atoms with Crippen LogP contribution in [0.1, 0.15) is 23.6 Å². The highest BCUT2D eigenvalue weighted by Gasteiger charge is 2.24. The summed E-state index contributed by atoms with van der Waals surface area (Å²) in [6.45, 7) is 3.64. The van der Waals surface area contributed by atoms with Gasteiger partial charge in [0.1, 0.15) is 18.0 Å². The first-order valence-corrected chi connectivity index (χ1v) is 7.54. The van der Waals surface area contributed by atoms with E-state index in [0.29, 0.717) is 11.3 Å². The normalized spacial score (nSPS) is 13.8. The average Bonchev–Trinajstić information content (AvgIpc) is 2.46. The van der Waals surface area contributed by atoms with Gasteiger partial charge in [0.25, 0.3) is 0 Å². The number of halogens is 1. The van der Waals surface area contributed by atoms with Crippen molar-refractivity contribution in [3.05, 3.63) is 63.6 Å². The first-order chi connectivity index (χ1) is 9.94. The number of aryl methyl sites for hydroxylation is 1. The second-order valence-corrected chi connectivity index (χ2v) is 6.21. The van der Waals surface area contributed by atoms with Crippen molar-refractivity contribution in [2.75, 3.05) is 6.61 Å². The quantitative estimate of drug-likeness (QED) is 0.866. The predicted molar refractivity (Wildman–Crippen MR) is 86.3 cm³/mol. The SMILES string of the molecule is Cc1cc(Br)cc(CO)c1OCC(C)(O)c1ccccc1. The Morgan fingerprint density at radius 2 is 1.86 bits per heavy atom. The molecule has 0 saturated heterocycles. The molecule has 0 heterocycles. The Morgan fingerprint density at radius 3 is 2.48 bits per heavy atom. The van der Waals surface area contributed by atoms with Crippen molar-refractivity contribution in [2.45, 2.75) is 26.1 Å². The van der Waals surface area contributed by atoms with Crippen molar-refractivity contribution in [1.29, 1.82) is 0 Å². The van der Waals surface area contributed by atoms with Gasteiger partial charge in [-0.05, 0) is 37.1 Å². The van der Waals surface area contributed by atoms with E-state index in [0.717, 1.165) is 15.6 Å². The molecule has 0 bridgehead atoms. The standard InChI is InChI=1S/C17H19BrO3/c1-12-8-15(18)9-13(10-19)16(12)21-11-17(2,20)14-6-4-3-5-7-14/h3-9,19-20H,10-11H2,1-2H3. The zero-order valence-corrected chi connectivity index (χ0v) is 13.7. The van der Waals surface area contributed by atoms with Crippen LogP contribution in [0.4, 0.5) is 0 Å². The molecule has 2 rings (SSSR count). The molecule has 0 amide bonds. The minimum atomic E-state index is -1.09. The van der Waals surface area contributed by atoms with Crippen LogP contribution in [-0.4, -0.2) is 16.8 Å². The molecule has 0 saturated carbocycles. The van der Waals surface area contributed by atoms with Crippen LogP contribution >= 0.6 is 15.9 Å². The van der Waals surface area contributed by atoms with Crippen LogP contribution in [0, 0.1) is 6.92 Å². The fourth-order valence-corrected chi connectivity index (χ4v) is 2.84. The topological polar surface area (TPSA) is 49.7 Å². The Kier molecular flexibility index (Phi) is 5.04. The summed E-state index contributed by atoms with van der Waals surface area (Å²) in [5.74, 6) is 0.622. The lowest BCUT2D eigenvalue weighted by Gasteiger charge is -2.25. The lowest BCUT2D eigenvalue weighted by Crippen LogP contribution is -2.29. The lowest BCUT2D eigenvalue weighted by molar-refractivity contribution is 0.00674. The van der Waals surface area contributed by atoms with E-state index in [4.69, 9.17) is 4.74 Å². The molecule has 21 heavy (non-hydrogen) atoms. The number of aliphatic hydroxyl groups is 2. The highest BCUT2D eigenvalue weighted by atomic mass is 79.9. The molecular weight excluding hydrogens is 332 g/mol. The molecule has 2 aromatic carbocycles. The summed E-state index contributed by atoms with van der Waals surface area (Å²) >= 11 is 3.40. The van der Waals surface area contributed by atoms with Crippen molar-refractivity contribution in [3.8, 4) is 5.75 Å². The van der Waals surface area contributed by atoms with Gasteiger partial charge in [-0.25, -0.2) is 0 Å². The van der Waals surface area contributed by atoms with Crippen LogP contribution in [0.3, 0.4) is 0 Å². The monoisotopic (exact) mass is 350 g/mol. The summed E-state index contributed by atoms with van der Waals surface area (Å²) in [7, 11) is 0. The van der Waals surface area contributed by atoms with E-state index >= 15 is 0 Å². The third kappa shape index (κ3) is 3.84. The number of ether oxygens (including phenoxy) is 1. The molecule has 0 radical (unpaired) electrons. The van der Waals surface area contributed by atoms with Crippen molar-refractivity contribution in [1.82, 2.24) is 0 Å². The van der Waals surface area contributed by atoms with Crippen molar-refractivity contribution >= 4 is 15.9 Å². The summed E-state index contributed by atoms with van der Waals surface area (Å²) in [4.78, 5) is 0. The van der Waals surface area contributed by atoms with Crippen LogP contribution in [0.2, 0.25) is 0 Å². The zero-order valence-electron chi connectivity index (χ0n) is 12.1. The Labute approximate surface area is 133 Å². The van der Waals surface area contributed by atoms with Crippen molar-refractivity contribution in [3.63, 3.8) is 0 Å². The van der Waals surface area contributed by atoms with Crippen LogP contribution < -0.4 is 4.74 Å². The van der Waals surface area contributed by atoms with Crippen LogP contribution in [0.25, 0.3) is 0 Å². The molecular formula is C17H19BrO3. The number of rotatable bonds is 5. The van der Waals surface area contributed by atoms with Crippen LogP contribution in [0.5, 0.6) is 5.75 Å².